The van der Waals surface area contributed by atoms with Crippen molar-refractivity contribution in [2.24, 2.45) is 0 Å². The summed E-state index contributed by atoms with van der Waals surface area (Å²) in [4.78, 5) is 31.2. The molecule has 1 aliphatic rings. The fourth-order valence-corrected chi connectivity index (χ4v) is 5.28. The van der Waals surface area contributed by atoms with Gasteiger partial charge in [-0.25, -0.2) is 4.79 Å². The quantitative estimate of drug-likeness (QED) is 0.405. The van der Waals surface area contributed by atoms with Crippen LogP contribution in [0.3, 0.4) is 0 Å². The highest BCUT2D eigenvalue weighted by molar-refractivity contribution is 7.10. The third-order valence-corrected chi connectivity index (χ3v) is 7.33. The molecule has 4 rings (SSSR count). The SMILES string of the molecule is COCCN(CC(=O)N1CCc2sccc2[C@H]1COc1ccc(C)cc1)C(=O)Nc1cccc(Cl)c1. The number of amides is 3. The van der Waals surface area contributed by atoms with E-state index in [9.17, 15) is 9.59 Å². The summed E-state index contributed by atoms with van der Waals surface area (Å²) in [6.45, 7) is 3.45. The van der Waals surface area contributed by atoms with Crippen LogP contribution in [0.5, 0.6) is 5.75 Å². The Kier molecular flexibility index (Phi) is 8.85. The molecule has 1 aromatic heterocycles. The molecule has 0 unspecified atom stereocenters. The number of methoxy groups -OCH3 is 1. The molecule has 2 aromatic carbocycles. The van der Waals surface area contributed by atoms with Gasteiger partial charge in [0.25, 0.3) is 0 Å². The van der Waals surface area contributed by atoms with Crippen molar-refractivity contribution < 1.29 is 19.1 Å². The normalized spacial score (nSPS) is 14.8. The second kappa shape index (κ2) is 12.3. The van der Waals surface area contributed by atoms with Crippen LogP contribution in [0.4, 0.5) is 10.5 Å². The van der Waals surface area contributed by atoms with Gasteiger partial charge in [-0.05, 0) is 60.7 Å². The van der Waals surface area contributed by atoms with E-state index in [0.717, 1.165) is 23.3 Å². The zero-order chi connectivity index (χ0) is 25.5. The molecule has 0 spiro atoms. The molecule has 0 saturated carbocycles. The summed E-state index contributed by atoms with van der Waals surface area (Å²) >= 11 is 7.75. The minimum atomic E-state index is -0.386. The lowest BCUT2D eigenvalue weighted by molar-refractivity contribution is -0.135. The van der Waals surface area contributed by atoms with E-state index < -0.39 is 0 Å². The third kappa shape index (κ3) is 6.57. The van der Waals surface area contributed by atoms with Crippen molar-refractivity contribution in [1.29, 1.82) is 0 Å². The van der Waals surface area contributed by atoms with E-state index in [1.165, 1.54) is 9.78 Å². The number of aryl methyl sites for hydroxylation is 1. The second-order valence-corrected chi connectivity index (χ2v) is 10.1. The summed E-state index contributed by atoms with van der Waals surface area (Å²) < 4.78 is 11.3. The predicted octanol–water partition coefficient (Wildman–Crippen LogP) is 5.40. The van der Waals surface area contributed by atoms with Crippen LogP contribution < -0.4 is 10.1 Å². The fourth-order valence-electron chi connectivity index (χ4n) is 4.16. The minimum absolute atomic E-state index is 0.0732. The standard InChI is InChI=1S/C27H30ClN3O4S/c1-19-6-8-22(9-7-19)35-18-24-23-11-15-36-25(23)10-12-31(24)26(32)17-30(13-14-34-2)27(33)29-21-5-3-4-20(28)16-21/h3-9,11,15-16,24H,10,12-14,17-18H2,1-2H3,(H,29,33)/t24-/m1/s1. The molecule has 3 amide bonds. The molecule has 36 heavy (non-hydrogen) atoms. The number of benzene rings is 2. The molecular weight excluding hydrogens is 498 g/mol. The summed E-state index contributed by atoms with van der Waals surface area (Å²) in [5.74, 6) is 0.625. The predicted molar refractivity (Wildman–Crippen MR) is 143 cm³/mol. The van der Waals surface area contributed by atoms with Gasteiger partial charge in [0.2, 0.25) is 5.91 Å². The van der Waals surface area contributed by atoms with Gasteiger partial charge in [0.05, 0.1) is 12.6 Å². The highest BCUT2D eigenvalue weighted by Crippen LogP contribution is 2.34. The average Bonchev–Trinajstić information content (AvgIpc) is 3.35. The maximum atomic E-state index is 13.6. The number of carbonyl (C=O) groups is 2. The Morgan fingerprint density at radius 1 is 1.19 bits per heavy atom. The van der Waals surface area contributed by atoms with E-state index >= 15 is 0 Å². The van der Waals surface area contributed by atoms with Crippen molar-refractivity contribution in [3.05, 3.63) is 81.0 Å². The van der Waals surface area contributed by atoms with E-state index in [1.54, 1.807) is 42.7 Å². The first-order valence-corrected chi connectivity index (χ1v) is 13.1. The van der Waals surface area contributed by atoms with Crippen LogP contribution in [0, 0.1) is 6.92 Å². The van der Waals surface area contributed by atoms with Gasteiger partial charge in [0, 0.05) is 35.8 Å². The molecule has 7 nitrogen and oxygen atoms in total. The molecule has 0 bridgehead atoms. The molecule has 190 valence electrons. The van der Waals surface area contributed by atoms with Gasteiger partial charge in [-0.15, -0.1) is 11.3 Å². The number of rotatable bonds is 9. The number of nitrogens with one attached hydrogen (secondary N) is 1. The van der Waals surface area contributed by atoms with E-state index in [1.807, 2.05) is 36.1 Å². The van der Waals surface area contributed by atoms with Gasteiger partial charge in [0.15, 0.2) is 0 Å². The number of nitrogens with zero attached hydrogens (tertiary/aromatic N) is 2. The van der Waals surface area contributed by atoms with Crippen molar-refractivity contribution in [2.75, 3.05) is 45.3 Å². The first-order chi connectivity index (χ1) is 17.4. The molecule has 1 aliphatic heterocycles. The second-order valence-electron chi connectivity index (χ2n) is 8.63. The summed E-state index contributed by atoms with van der Waals surface area (Å²) in [5.41, 5.74) is 2.83. The smallest absolute Gasteiger partial charge is 0.322 e. The Morgan fingerprint density at radius 3 is 2.75 bits per heavy atom. The zero-order valence-corrected chi connectivity index (χ0v) is 22.0. The number of hydrogen-bond donors (Lipinski definition) is 1. The Bertz CT molecular complexity index is 1180. The summed E-state index contributed by atoms with van der Waals surface area (Å²) in [7, 11) is 1.57. The van der Waals surface area contributed by atoms with Crippen molar-refractivity contribution in [3.8, 4) is 5.75 Å². The number of fused-ring (bicyclic) bond motifs is 1. The number of anilines is 1. The molecule has 1 N–H and O–H groups in total. The maximum Gasteiger partial charge on any atom is 0.322 e. The van der Waals surface area contributed by atoms with Gasteiger partial charge in [-0.2, -0.15) is 0 Å². The molecule has 2 heterocycles. The molecular formula is C27H30ClN3O4S. The number of carbonyl (C=O) groups excluding carboxylic acids is 2. The van der Waals surface area contributed by atoms with Crippen LogP contribution in [-0.2, 0) is 16.0 Å². The van der Waals surface area contributed by atoms with Crippen LogP contribution in [0.2, 0.25) is 5.02 Å². The van der Waals surface area contributed by atoms with Gasteiger partial charge < -0.3 is 24.6 Å². The molecule has 1 atom stereocenters. The first-order valence-electron chi connectivity index (χ1n) is 11.8. The van der Waals surface area contributed by atoms with Crippen molar-refractivity contribution in [1.82, 2.24) is 9.80 Å². The zero-order valence-electron chi connectivity index (χ0n) is 20.4. The highest BCUT2D eigenvalue weighted by atomic mass is 35.5. The number of thiophene rings is 1. The fraction of sp³-hybridized carbons (Fsp3) is 0.333. The summed E-state index contributed by atoms with van der Waals surface area (Å²) in [6.07, 6.45) is 0.784. The van der Waals surface area contributed by atoms with Crippen LogP contribution >= 0.6 is 22.9 Å². The van der Waals surface area contributed by atoms with Crippen LogP contribution in [0.15, 0.2) is 60.0 Å². The van der Waals surface area contributed by atoms with Gasteiger partial charge in [-0.3, -0.25) is 4.79 Å². The molecule has 0 saturated heterocycles. The number of ether oxygens (including phenoxy) is 2. The summed E-state index contributed by atoms with van der Waals surface area (Å²) in [6, 6.07) is 16.2. The van der Waals surface area contributed by atoms with Crippen molar-refractivity contribution in [3.63, 3.8) is 0 Å². The van der Waals surface area contributed by atoms with Crippen molar-refractivity contribution in [2.45, 2.75) is 19.4 Å². The topological polar surface area (TPSA) is 71.1 Å². The molecule has 0 fully saturated rings. The number of hydrogen-bond acceptors (Lipinski definition) is 5. The highest BCUT2D eigenvalue weighted by Gasteiger charge is 2.33. The van der Waals surface area contributed by atoms with Crippen molar-refractivity contribution >= 4 is 40.6 Å². The summed E-state index contributed by atoms with van der Waals surface area (Å²) in [5, 5.41) is 5.40. The van der Waals surface area contributed by atoms with E-state index in [0.29, 0.717) is 30.5 Å². The van der Waals surface area contributed by atoms with E-state index in [-0.39, 0.29) is 31.1 Å². The average molecular weight is 528 g/mol. The molecule has 0 radical (unpaired) electrons. The van der Waals surface area contributed by atoms with Crippen LogP contribution in [0.25, 0.3) is 0 Å². The largest absolute Gasteiger partial charge is 0.491 e. The molecule has 3 aromatic rings. The monoisotopic (exact) mass is 527 g/mol. The Labute approximate surface area is 220 Å². The van der Waals surface area contributed by atoms with Gasteiger partial charge >= 0.3 is 6.03 Å². The Morgan fingerprint density at radius 2 is 2.00 bits per heavy atom. The van der Waals surface area contributed by atoms with Crippen LogP contribution in [-0.4, -0.2) is 61.7 Å². The number of halogens is 1. The van der Waals surface area contributed by atoms with Gasteiger partial charge in [0.1, 0.15) is 18.9 Å². The lowest BCUT2D eigenvalue weighted by Crippen LogP contribution is -2.49. The third-order valence-electron chi connectivity index (χ3n) is 6.10. The Hall–Kier alpha value is -3.07. The Balaban J connectivity index is 1.48. The maximum absolute atomic E-state index is 13.6. The lowest BCUT2D eigenvalue weighted by atomic mass is 10.0. The minimum Gasteiger partial charge on any atom is -0.491 e. The number of urea groups is 1. The van der Waals surface area contributed by atoms with Crippen LogP contribution in [0.1, 0.15) is 22.0 Å². The molecule has 9 heteroatoms. The van der Waals surface area contributed by atoms with E-state index in [4.69, 9.17) is 21.1 Å². The van der Waals surface area contributed by atoms with Gasteiger partial charge in [-0.1, -0.05) is 35.4 Å². The lowest BCUT2D eigenvalue weighted by Gasteiger charge is -2.37. The first kappa shape index (κ1) is 26.0. The van der Waals surface area contributed by atoms with E-state index in [2.05, 4.69) is 16.8 Å². The molecule has 0 aliphatic carbocycles.